The minimum absolute atomic E-state index is 0.0842. The Balaban J connectivity index is 1.48. The van der Waals surface area contributed by atoms with Crippen LogP contribution in [0.1, 0.15) is 21.0 Å². The normalized spacial score (nSPS) is 10.4. The number of benzene rings is 2. The summed E-state index contributed by atoms with van der Waals surface area (Å²) < 4.78 is 20.1. The van der Waals surface area contributed by atoms with E-state index in [1.54, 1.807) is 24.3 Å². The number of amides is 2. The molecule has 0 aliphatic carbocycles. The number of ether oxygens (including phenoxy) is 1. The molecule has 0 radical (unpaired) electrons. The quantitative estimate of drug-likeness (QED) is 0.415. The maximum atomic E-state index is 14.6. The monoisotopic (exact) mass is 477 g/mol. The van der Waals surface area contributed by atoms with Crippen molar-refractivity contribution in [3.8, 4) is 22.8 Å². The van der Waals surface area contributed by atoms with Crippen LogP contribution in [-0.2, 0) is 0 Å². The summed E-state index contributed by atoms with van der Waals surface area (Å²) in [6.07, 6.45) is 2.66. The van der Waals surface area contributed by atoms with Gasteiger partial charge in [0.2, 0.25) is 0 Å². The molecule has 2 aromatic carbocycles. The maximum absolute atomic E-state index is 14.6. The number of carbonyl (C=O) groups excluding carboxylic acids is 2. The van der Waals surface area contributed by atoms with Gasteiger partial charge in [0.15, 0.2) is 11.6 Å². The number of nitrogens with zero attached hydrogens (tertiary/aromatic N) is 3. The van der Waals surface area contributed by atoms with Crippen LogP contribution in [0, 0.1) is 5.82 Å². The van der Waals surface area contributed by atoms with Gasteiger partial charge in [-0.05, 0) is 36.4 Å². The highest BCUT2D eigenvalue weighted by atomic mass is 35.5. The Morgan fingerprint density at radius 1 is 0.912 bits per heavy atom. The summed E-state index contributed by atoms with van der Waals surface area (Å²) >= 11 is 5.91. The predicted octanol–water partition coefficient (Wildman–Crippen LogP) is 4.74. The Kier molecular flexibility index (Phi) is 6.74. The number of halogens is 2. The van der Waals surface area contributed by atoms with Crippen LogP contribution in [0.15, 0.2) is 73.2 Å². The Bertz CT molecular complexity index is 1370. The summed E-state index contributed by atoms with van der Waals surface area (Å²) in [5.41, 5.74) is 1.76. The van der Waals surface area contributed by atoms with Crippen molar-refractivity contribution in [3.05, 3.63) is 95.4 Å². The molecule has 0 fully saturated rings. The number of aromatic nitrogens is 3. The highest BCUT2D eigenvalue weighted by Gasteiger charge is 2.13. The third kappa shape index (κ3) is 5.33. The van der Waals surface area contributed by atoms with Crippen molar-refractivity contribution in [2.24, 2.45) is 0 Å². The van der Waals surface area contributed by atoms with Crippen molar-refractivity contribution < 1.29 is 18.7 Å². The summed E-state index contributed by atoms with van der Waals surface area (Å²) in [5, 5.41) is 5.64. The zero-order valence-corrected chi connectivity index (χ0v) is 18.5. The summed E-state index contributed by atoms with van der Waals surface area (Å²) in [7, 11) is 1.48. The van der Waals surface area contributed by atoms with Gasteiger partial charge in [-0.2, -0.15) is 0 Å². The summed E-state index contributed by atoms with van der Waals surface area (Å²) in [4.78, 5) is 36.5. The molecule has 0 aliphatic heterocycles. The minimum atomic E-state index is -0.708. The maximum Gasteiger partial charge on any atom is 0.274 e. The fourth-order valence-corrected chi connectivity index (χ4v) is 3.10. The Hall–Kier alpha value is -4.37. The van der Waals surface area contributed by atoms with Gasteiger partial charge in [-0.15, -0.1) is 0 Å². The first-order valence-corrected chi connectivity index (χ1v) is 10.4. The molecule has 170 valence electrons. The molecule has 2 N–H and O–H groups in total. The number of hydrogen-bond donors (Lipinski definition) is 2. The van der Waals surface area contributed by atoms with E-state index in [0.29, 0.717) is 10.7 Å². The third-order valence-electron chi connectivity index (χ3n) is 4.65. The lowest BCUT2D eigenvalue weighted by molar-refractivity contribution is 0.0957. The van der Waals surface area contributed by atoms with Crippen LogP contribution < -0.4 is 15.4 Å². The molecule has 0 aliphatic rings. The summed E-state index contributed by atoms with van der Waals surface area (Å²) in [6, 6.07) is 15.4. The number of pyridine rings is 1. The lowest BCUT2D eigenvalue weighted by atomic mass is 10.1. The molecule has 2 aromatic heterocycles. The highest BCUT2D eigenvalue weighted by molar-refractivity contribution is 6.30. The lowest BCUT2D eigenvalue weighted by Crippen LogP contribution is -2.18. The van der Waals surface area contributed by atoms with E-state index in [0.717, 1.165) is 11.6 Å². The molecule has 0 bridgehead atoms. The second-order valence-corrected chi connectivity index (χ2v) is 7.39. The van der Waals surface area contributed by atoms with E-state index in [4.69, 9.17) is 16.3 Å². The standard InChI is InChI=1S/C24H17ClFN5O3/c1-27-23(32)20-11-17(8-9-28-20)34-22-7-6-16(10-18(22)26)31-24(33)21-12-19(29-13-30-21)14-2-4-15(25)5-3-14/h2-13H,1H3,(H,27,32)(H,31,33). The average molecular weight is 478 g/mol. The number of rotatable bonds is 6. The van der Waals surface area contributed by atoms with Gasteiger partial charge in [-0.3, -0.25) is 14.6 Å². The largest absolute Gasteiger partial charge is 0.454 e. The number of hydrogen-bond acceptors (Lipinski definition) is 6. The molecule has 0 saturated carbocycles. The fourth-order valence-electron chi connectivity index (χ4n) is 2.97. The number of carbonyl (C=O) groups is 2. The lowest BCUT2D eigenvalue weighted by Gasteiger charge is -2.10. The zero-order chi connectivity index (χ0) is 24.1. The van der Waals surface area contributed by atoms with Crippen LogP contribution in [0.4, 0.5) is 10.1 Å². The molecule has 34 heavy (non-hydrogen) atoms. The zero-order valence-electron chi connectivity index (χ0n) is 17.8. The van der Waals surface area contributed by atoms with Crippen LogP contribution in [0.25, 0.3) is 11.3 Å². The van der Waals surface area contributed by atoms with Gasteiger partial charge in [0.1, 0.15) is 23.5 Å². The Morgan fingerprint density at radius 3 is 2.41 bits per heavy atom. The molecule has 2 amide bonds. The molecule has 0 spiro atoms. The van der Waals surface area contributed by atoms with Crippen LogP contribution in [0.2, 0.25) is 5.02 Å². The first-order valence-electron chi connectivity index (χ1n) is 9.98. The van der Waals surface area contributed by atoms with Crippen molar-refractivity contribution in [2.75, 3.05) is 12.4 Å². The summed E-state index contributed by atoms with van der Waals surface area (Å²) in [5.74, 6) is -1.48. The van der Waals surface area contributed by atoms with E-state index in [2.05, 4.69) is 25.6 Å². The van der Waals surface area contributed by atoms with E-state index in [-0.39, 0.29) is 28.6 Å². The highest BCUT2D eigenvalue weighted by Crippen LogP contribution is 2.27. The van der Waals surface area contributed by atoms with Gasteiger partial charge in [0, 0.05) is 41.7 Å². The van der Waals surface area contributed by atoms with Gasteiger partial charge >= 0.3 is 0 Å². The van der Waals surface area contributed by atoms with E-state index in [1.165, 1.54) is 49.9 Å². The Morgan fingerprint density at radius 2 is 1.68 bits per heavy atom. The third-order valence-corrected chi connectivity index (χ3v) is 4.90. The average Bonchev–Trinajstić information content (AvgIpc) is 2.86. The smallest absolute Gasteiger partial charge is 0.274 e. The topological polar surface area (TPSA) is 106 Å². The van der Waals surface area contributed by atoms with E-state index in [1.807, 2.05) is 0 Å². The minimum Gasteiger partial charge on any atom is -0.454 e. The molecule has 0 atom stereocenters. The number of anilines is 1. The molecule has 2 heterocycles. The van der Waals surface area contributed by atoms with Crippen LogP contribution in [0.5, 0.6) is 11.5 Å². The van der Waals surface area contributed by atoms with E-state index in [9.17, 15) is 14.0 Å². The molecule has 0 saturated heterocycles. The van der Waals surface area contributed by atoms with Crippen molar-refractivity contribution in [2.45, 2.75) is 0 Å². The molecular weight excluding hydrogens is 461 g/mol. The summed E-state index contributed by atoms with van der Waals surface area (Å²) in [6.45, 7) is 0. The van der Waals surface area contributed by atoms with Gasteiger partial charge in [0.05, 0.1) is 5.69 Å². The molecule has 10 heteroatoms. The molecule has 0 unspecified atom stereocenters. The van der Waals surface area contributed by atoms with Gasteiger partial charge in [-0.1, -0.05) is 23.7 Å². The first kappa shape index (κ1) is 22.8. The van der Waals surface area contributed by atoms with Crippen molar-refractivity contribution in [1.29, 1.82) is 0 Å². The van der Waals surface area contributed by atoms with Gasteiger partial charge in [0.25, 0.3) is 11.8 Å². The van der Waals surface area contributed by atoms with Crippen molar-refractivity contribution in [3.63, 3.8) is 0 Å². The first-order chi connectivity index (χ1) is 16.4. The van der Waals surface area contributed by atoms with E-state index >= 15 is 0 Å². The van der Waals surface area contributed by atoms with Crippen molar-refractivity contribution >= 4 is 29.1 Å². The van der Waals surface area contributed by atoms with Gasteiger partial charge in [-0.25, -0.2) is 14.4 Å². The van der Waals surface area contributed by atoms with Crippen LogP contribution >= 0.6 is 11.6 Å². The SMILES string of the molecule is CNC(=O)c1cc(Oc2ccc(NC(=O)c3cc(-c4ccc(Cl)cc4)ncn3)cc2F)ccn1. The van der Waals surface area contributed by atoms with Gasteiger partial charge < -0.3 is 15.4 Å². The second kappa shape index (κ2) is 10.1. The molecule has 8 nitrogen and oxygen atoms in total. The van der Waals surface area contributed by atoms with E-state index < -0.39 is 17.6 Å². The van der Waals surface area contributed by atoms with Crippen molar-refractivity contribution in [1.82, 2.24) is 20.3 Å². The number of nitrogens with one attached hydrogen (secondary N) is 2. The van der Waals surface area contributed by atoms with Crippen LogP contribution in [-0.4, -0.2) is 33.8 Å². The predicted molar refractivity (Wildman–Crippen MR) is 125 cm³/mol. The molecular formula is C24H17ClFN5O3. The fraction of sp³-hybridized carbons (Fsp3) is 0.0417. The molecule has 4 rings (SSSR count). The second-order valence-electron chi connectivity index (χ2n) is 6.95. The van der Waals surface area contributed by atoms with Crippen LogP contribution in [0.3, 0.4) is 0 Å². The Labute approximate surface area is 198 Å². The molecule has 4 aromatic rings.